The molecule has 1 aromatic carbocycles. The van der Waals surface area contributed by atoms with E-state index in [1.165, 1.54) is 0 Å². The van der Waals surface area contributed by atoms with Gasteiger partial charge in [0.2, 0.25) is 0 Å². The lowest BCUT2D eigenvalue weighted by molar-refractivity contribution is 0.0726. The van der Waals surface area contributed by atoms with Gasteiger partial charge in [-0.05, 0) is 37.8 Å². The van der Waals surface area contributed by atoms with Crippen LogP contribution in [-0.4, -0.2) is 42.8 Å². The van der Waals surface area contributed by atoms with Crippen LogP contribution in [0.4, 0.5) is 15.3 Å². The lowest BCUT2D eigenvalue weighted by Crippen LogP contribution is -2.50. The van der Waals surface area contributed by atoms with Crippen molar-refractivity contribution in [2.45, 2.75) is 45.1 Å². The van der Waals surface area contributed by atoms with Crippen LogP contribution in [0.15, 0.2) is 30.3 Å². The van der Waals surface area contributed by atoms with E-state index in [0.717, 1.165) is 37.8 Å². The van der Waals surface area contributed by atoms with Gasteiger partial charge >= 0.3 is 12.1 Å². The van der Waals surface area contributed by atoms with Gasteiger partial charge in [0.05, 0.1) is 12.6 Å². The second kappa shape index (κ2) is 9.80. The normalized spacial score (nSPS) is 17.2. The number of unbranched alkanes of at least 4 members (excludes halogenated alkanes) is 1. The van der Waals surface area contributed by atoms with Crippen LogP contribution >= 0.6 is 0 Å². The van der Waals surface area contributed by atoms with Crippen molar-refractivity contribution >= 4 is 17.8 Å². The summed E-state index contributed by atoms with van der Waals surface area (Å²) in [5, 5.41) is 5.64. The third-order valence-electron chi connectivity index (χ3n) is 4.11. The minimum atomic E-state index is -0.265. The number of rotatable bonds is 6. The number of carbonyl (C=O) groups excluding carboxylic acids is 2. The fourth-order valence-corrected chi connectivity index (χ4v) is 2.75. The van der Waals surface area contributed by atoms with Gasteiger partial charge in [-0.1, -0.05) is 31.5 Å². The number of hydrogen-bond donors (Lipinski definition) is 2. The minimum absolute atomic E-state index is 0.00519. The molecule has 132 valence electrons. The zero-order valence-electron chi connectivity index (χ0n) is 14.3. The monoisotopic (exact) mass is 333 g/mol. The Bertz CT molecular complexity index is 522. The van der Waals surface area contributed by atoms with E-state index in [1.807, 2.05) is 30.3 Å². The van der Waals surface area contributed by atoms with Gasteiger partial charge in [-0.25, -0.2) is 9.59 Å². The number of urea groups is 1. The Morgan fingerprint density at radius 3 is 2.79 bits per heavy atom. The van der Waals surface area contributed by atoms with Gasteiger partial charge in [0, 0.05) is 18.8 Å². The van der Waals surface area contributed by atoms with E-state index in [9.17, 15) is 9.59 Å². The predicted molar refractivity (Wildman–Crippen MR) is 94.1 cm³/mol. The number of nitrogens with zero attached hydrogens (tertiary/aromatic N) is 1. The molecule has 1 heterocycles. The highest BCUT2D eigenvalue weighted by molar-refractivity contribution is 5.89. The van der Waals surface area contributed by atoms with Crippen LogP contribution in [-0.2, 0) is 4.74 Å². The van der Waals surface area contributed by atoms with E-state index in [4.69, 9.17) is 4.74 Å². The molecule has 6 nitrogen and oxygen atoms in total. The van der Waals surface area contributed by atoms with Crippen molar-refractivity contribution in [3.05, 3.63) is 30.3 Å². The van der Waals surface area contributed by atoms with E-state index in [-0.39, 0.29) is 18.2 Å². The third kappa shape index (κ3) is 5.76. The summed E-state index contributed by atoms with van der Waals surface area (Å²) in [5.74, 6) is 0. The van der Waals surface area contributed by atoms with Gasteiger partial charge in [-0.2, -0.15) is 0 Å². The maximum atomic E-state index is 12.2. The summed E-state index contributed by atoms with van der Waals surface area (Å²) < 4.78 is 5.31. The minimum Gasteiger partial charge on any atom is -0.449 e. The first kappa shape index (κ1) is 18.1. The lowest BCUT2D eigenvalue weighted by atomic mass is 10.0. The zero-order chi connectivity index (χ0) is 17.2. The van der Waals surface area contributed by atoms with E-state index in [1.54, 1.807) is 4.90 Å². The summed E-state index contributed by atoms with van der Waals surface area (Å²) in [5.41, 5.74) is 0.745. The van der Waals surface area contributed by atoms with Gasteiger partial charge in [0.25, 0.3) is 0 Å². The fraction of sp³-hybridized carbons (Fsp3) is 0.556. The van der Waals surface area contributed by atoms with Gasteiger partial charge in [-0.3, -0.25) is 0 Å². The molecular weight excluding hydrogens is 306 g/mol. The Morgan fingerprint density at radius 2 is 2.04 bits per heavy atom. The van der Waals surface area contributed by atoms with Crippen molar-refractivity contribution in [1.82, 2.24) is 10.2 Å². The van der Waals surface area contributed by atoms with Gasteiger partial charge in [0.1, 0.15) is 0 Å². The first-order chi connectivity index (χ1) is 11.7. The van der Waals surface area contributed by atoms with Crippen molar-refractivity contribution in [3.8, 4) is 0 Å². The standard InChI is InChI=1S/C18H27N3O3/c1-2-3-13-24-18(23)21-12-8-7-11-16(21)14-19-17(22)20-15-9-5-4-6-10-15/h4-6,9-10,16H,2-3,7-8,11-14H2,1H3,(H2,19,20,22)/t16-/m0/s1. The molecule has 1 atom stereocenters. The summed E-state index contributed by atoms with van der Waals surface area (Å²) in [6, 6.07) is 9.03. The molecule has 0 aliphatic carbocycles. The lowest BCUT2D eigenvalue weighted by Gasteiger charge is -2.35. The van der Waals surface area contributed by atoms with Crippen LogP contribution in [0.2, 0.25) is 0 Å². The SMILES string of the molecule is CCCCOC(=O)N1CCCC[C@H]1CNC(=O)Nc1ccccc1. The molecule has 0 bridgehead atoms. The molecule has 3 amide bonds. The highest BCUT2D eigenvalue weighted by Crippen LogP contribution is 2.17. The maximum Gasteiger partial charge on any atom is 0.410 e. The van der Waals surface area contributed by atoms with Crippen molar-refractivity contribution in [3.63, 3.8) is 0 Å². The Hall–Kier alpha value is -2.24. The first-order valence-electron chi connectivity index (χ1n) is 8.74. The van der Waals surface area contributed by atoms with Crippen molar-refractivity contribution in [2.75, 3.05) is 25.0 Å². The second-order valence-electron chi connectivity index (χ2n) is 6.01. The average Bonchev–Trinajstić information content (AvgIpc) is 2.61. The Morgan fingerprint density at radius 1 is 1.25 bits per heavy atom. The van der Waals surface area contributed by atoms with Crippen LogP contribution < -0.4 is 10.6 Å². The van der Waals surface area contributed by atoms with Crippen LogP contribution in [0.3, 0.4) is 0 Å². The van der Waals surface area contributed by atoms with E-state index < -0.39 is 0 Å². The number of benzene rings is 1. The molecule has 0 unspecified atom stereocenters. The second-order valence-corrected chi connectivity index (χ2v) is 6.01. The highest BCUT2D eigenvalue weighted by atomic mass is 16.6. The number of piperidine rings is 1. The number of para-hydroxylation sites is 1. The largest absolute Gasteiger partial charge is 0.449 e. The molecule has 0 spiro atoms. The topological polar surface area (TPSA) is 70.7 Å². The number of ether oxygens (including phenoxy) is 1. The molecule has 1 aliphatic rings. The van der Waals surface area contributed by atoms with E-state index in [0.29, 0.717) is 19.7 Å². The van der Waals surface area contributed by atoms with Gasteiger partial charge in [-0.15, -0.1) is 0 Å². The number of carbonyl (C=O) groups is 2. The number of nitrogens with one attached hydrogen (secondary N) is 2. The molecule has 0 radical (unpaired) electrons. The van der Waals surface area contributed by atoms with Crippen LogP contribution in [0.5, 0.6) is 0 Å². The van der Waals surface area contributed by atoms with Crippen LogP contribution in [0, 0.1) is 0 Å². The average molecular weight is 333 g/mol. The number of likely N-dealkylation sites (tertiary alicyclic amines) is 1. The number of anilines is 1. The van der Waals surface area contributed by atoms with Crippen molar-refractivity contribution in [2.24, 2.45) is 0 Å². The predicted octanol–water partition coefficient (Wildman–Crippen LogP) is 3.60. The zero-order valence-corrected chi connectivity index (χ0v) is 14.3. The molecule has 1 fully saturated rings. The number of hydrogen-bond acceptors (Lipinski definition) is 3. The molecule has 6 heteroatoms. The van der Waals surface area contributed by atoms with E-state index in [2.05, 4.69) is 17.6 Å². The summed E-state index contributed by atoms with van der Waals surface area (Å²) in [6.07, 6.45) is 4.54. The Kier molecular flexibility index (Phi) is 7.39. The Balaban J connectivity index is 1.80. The maximum absolute atomic E-state index is 12.2. The highest BCUT2D eigenvalue weighted by Gasteiger charge is 2.28. The fourth-order valence-electron chi connectivity index (χ4n) is 2.75. The molecule has 1 aliphatic heterocycles. The molecule has 0 saturated carbocycles. The molecule has 2 rings (SSSR count). The summed E-state index contributed by atoms with van der Waals surface area (Å²) in [4.78, 5) is 25.9. The van der Waals surface area contributed by atoms with Crippen LogP contribution in [0.1, 0.15) is 39.0 Å². The van der Waals surface area contributed by atoms with Crippen LogP contribution in [0.25, 0.3) is 0 Å². The first-order valence-corrected chi connectivity index (χ1v) is 8.74. The molecular formula is C18H27N3O3. The third-order valence-corrected chi connectivity index (χ3v) is 4.11. The van der Waals surface area contributed by atoms with Gasteiger partial charge in [0.15, 0.2) is 0 Å². The molecule has 1 aromatic rings. The quantitative estimate of drug-likeness (QED) is 0.781. The van der Waals surface area contributed by atoms with Gasteiger partial charge < -0.3 is 20.3 Å². The molecule has 24 heavy (non-hydrogen) atoms. The Labute approximate surface area is 143 Å². The molecule has 2 N–H and O–H groups in total. The van der Waals surface area contributed by atoms with E-state index >= 15 is 0 Å². The molecule has 1 saturated heterocycles. The molecule has 0 aromatic heterocycles. The number of amides is 3. The smallest absolute Gasteiger partial charge is 0.410 e. The van der Waals surface area contributed by atoms with Crippen molar-refractivity contribution < 1.29 is 14.3 Å². The summed E-state index contributed by atoms with van der Waals surface area (Å²) in [6.45, 7) is 3.65. The summed E-state index contributed by atoms with van der Waals surface area (Å²) in [7, 11) is 0. The summed E-state index contributed by atoms with van der Waals surface area (Å²) >= 11 is 0. The van der Waals surface area contributed by atoms with Crippen molar-refractivity contribution in [1.29, 1.82) is 0 Å².